The maximum absolute atomic E-state index is 12.1. The summed E-state index contributed by atoms with van der Waals surface area (Å²) in [7, 11) is 3.03. The average Bonchev–Trinajstić information content (AvgIpc) is 3.14. The molecule has 0 fully saturated rings. The van der Waals surface area contributed by atoms with Crippen molar-refractivity contribution in [2.24, 2.45) is 5.92 Å². The first-order valence-electron chi connectivity index (χ1n) is 8.81. The van der Waals surface area contributed by atoms with Crippen molar-refractivity contribution in [1.29, 1.82) is 0 Å². The van der Waals surface area contributed by atoms with Gasteiger partial charge in [-0.05, 0) is 24.5 Å². The van der Waals surface area contributed by atoms with Gasteiger partial charge < -0.3 is 24.8 Å². The first-order valence-corrected chi connectivity index (χ1v) is 9.69. The summed E-state index contributed by atoms with van der Waals surface area (Å²) in [6.07, 6.45) is 1.01. The Morgan fingerprint density at radius 2 is 1.93 bits per heavy atom. The SMILES string of the molecule is COc1ccc(NC(=O)COC(=O)c2csc(NCCC(C)C)n2)cc1OC. The molecule has 0 unspecified atom stereocenters. The number of rotatable bonds is 10. The Balaban J connectivity index is 1.82. The van der Waals surface area contributed by atoms with Crippen molar-refractivity contribution >= 4 is 34.0 Å². The molecular formula is C19H25N3O5S. The van der Waals surface area contributed by atoms with Crippen LogP contribution in [0, 0.1) is 5.92 Å². The van der Waals surface area contributed by atoms with E-state index in [-0.39, 0.29) is 5.69 Å². The number of thiazole rings is 1. The van der Waals surface area contributed by atoms with Crippen molar-refractivity contribution in [3.8, 4) is 11.5 Å². The quantitative estimate of drug-likeness (QED) is 0.582. The topological polar surface area (TPSA) is 98.8 Å². The van der Waals surface area contributed by atoms with E-state index in [4.69, 9.17) is 14.2 Å². The third-order valence-corrected chi connectivity index (χ3v) is 4.51. The molecule has 9 heteroatoms. The largest absolute Gasteiger partial charge is 0.493 e. The first-order chi connectivity index (χ1) is 13.4. The minimum absolute atomic E-state index is 0.177. The third kappa shape index (κ3) is 6.41. The maximum Gasteiger partial charge on any atom is 0.358 e. The molecule has 0 aliphatic rings. The molecule has 1 amide bonds. The fraction of sp³-hybridized carbons (Fsp3) is 0.421. The number of nitrogens with zero attached hydrogens (tertiary/aromatic N) is 1. The number of methoxy groups -OCH3 is 2. The monoisotopic (exact) mass is 407 g/mol. The summed E-state index contributed by atoms with van der Waals surface area (Å²) < 4.78 is 15.4. The minimum atomic E-state index is -0.643. The van der Waals surface area contributed by atoms with E-state index in [1.54, 1.807) is 23.6 Å². The number of aromatic nitrogens is 1. The molecule has 152 valence electrons. The van der Waals surface area contributed by atoms with Crippen LogP contribution in [0.3, 0.4) is 0 Å². The molecule has 8 nitrogen and oxygen atoms in total. The number of carbonyl (C=O) groups is 2. The molecule has 28 heavy (non-hydrogen) atoms. The summed E-state index contributed by atoms with van der Waals surface area (Å²) in [6.45, 7) is 4.65. The zero-order chi connectivity index (χ0) is 20.5. The predicted octanol–water partition coefficient (Wildman–Crippen LogP) is 3.41. The number of nitrogens with one attached hydrogen (secondary N) is 2. The first kappa shape index (κ1) is 21.5. The number of hydrogen-bond acceptors (Lipinski definition) is 8. The van der Waals surface area contributed by atoms with Gasteiger partial charge in [-0.2, -0.15) is 0 Å². The van der Waals surface area contributed by atoms with Gasteiger partial charge in [0.25, 0.3) is 5.91 Å². The highest BCUT2D eigenvalue weighted by Crippen LogP contribution is 2.29. The van der Waals surface area contributed by atoms with E-state index in [2.05, 4.69) is 29.5 Å². The zero-order valence-corrected chi connectivity index (χ0v) is 17.2. The molecule has 0 aliphatic carbocycles. The second-order valence-electron chi connectivity index (χ2n) is 6.34. The molecule has 1 heterocycles. The van der Waals surface area contributed by atoms with Crippen molar-refractivity contribution in [1.82, 2.24) is 4.98 Å². The summed E-state index contributed by atoms with van der Waals surface area (Å²) in [5.74, 6) is 0.508. The smallest absolute Gasteiger partial charge is 0.358 e. The molecule has 2 rings (SSSR count). The molecule has 0 spiro atoms. The minimum Gasteiger partial charge on any atom is -0.493 e. The number of anilines is 2. The summed E-state index contributed by atoms with van der Waals surface area (Å²) >= 11 is 1.32. The molecule has 2 N–H and O–H groups in total. The van der Waals surface area contributed by atoms with E-state index in [1.807, 2.05) is 0 Å². The Morgan fingerprint density at radius 3 is 2.61 bits per heavy atom. The van der Waals surface area contributed by atoms with Gasteiger partial charge in [-0.15, -0.1) is 11.3 Å². The number of benzene rings is 1. The van der Waals surface area contributed by atoms with Crippen LogP contribution in [0.5, 0.6) is 11.5 Å². The highest BCUT2D eigenvalue weighted by molar-refractivity contribution is 7.13. The third-order valence-electron chi connectivity index (χ3n) is 3.71. The Bertz CT molecular complexity index is 807. The second-order valence-corrected chi connectivity index (χ2v) is 7.20. The van der Waals surface area contributed by atoms with Crippen LogP contribution in [0.15, 0.2) is 23.6 Å². The Kier molecular flexibility index (Phi) is 8.06. The van der Waals surface area contributed by atoms with Crippen LogP contribution in [0.1, 0.15) is 30.8 Å². The molecule has 1 aromatic carbocycles. The molecule has 0 radical (unpaired) electrons. The fourth-order valence-electron chi connectivity index (χ4n) is 2.23. The van der Waals surface area contributed by atoms with Crippen LogP contribution in [0.2, 0.25) is 0 Å². The average molecular weight is 407 g/mol. The van der Waals surface area contributed by atoms with Crippen molar-refractivity contribution in [2.45, 2.75) is 20.3 Å². The highest BCUT2D eigenvalue weighted by Gasteiger charge is 2.15. The Labute approximate surface area is 168 Å². The molecule has 1 aromatic heterocycles. The standard InChI is InChI=1S/C19H25N3O5S/c1-12(2)7-8-20-19-22-14(11-28-19)18(24)27-10-17(23)21-13-5-6-15(25-3)16(9-13)26-4/h5-6,9,11-12H,7-8,10H2,1-4H3,(H,20,22)(H,21,23). The molecule has 0 saturated heterocycles. The zero-order valence-electron chi connectivity index (χ0n) is 16.4. The highest BCUT2D eigenvalue weighted by atomic mass is 32.1. The molecule has 2 aromatic rings. The van der Waals surface area contributed by atoms with E-state index < -0.39 is 18.5 Å². The number of esters is 1. The van der Waals surface area contributed by atoms with E-state index in [9.17, 15) is 9.59 Å². The molecule has 0 saturated carbocycles. The lowest BCUT2D eigenvalue weighted by molar-refractivity contribution is -0.119. The number of carbonyl (C=O) groups excluding carboxylic acids is 2. The Hall–Kier alpha value is -2.81. The normalized spacial score (nSPS) is 10.5. The molecule has 0 atom stereocenters. The van der Waals surface area contributed by atoms with Crippen LogP contribution in [0.4, 0.5) is 10.8 Å². The van der Waals surface area contributed by atoms with Crippen molar-refractivity contribution in [3.05, 3.63) is 29.3 Å². The number of amides is 1. The lowest BCUT2D eigenvalue weighted by atomic mass is 10.1. The lowest BCUT2D eigenvalue weighted by Crippen LogP contribution is -2.21. The van der Waals surface area contributed by atoms with Crippen LogP contribution < -0.4 is 20.1 Å². The van der Waals surface area contributed by atoms with Gasteiger partial charge in [0.05, 0.1) is 14.2 Å². The van der Waals surface area contributed by atoms with Crippen molar-refractivity contribution in [3.63, 3.8) is 0 Å². The van der Waals surface area contributed by atoms with E-state index in [0.717, 1.165) is 13.0 Å². The van der Waals surface area contributed by atoms with Gasteiger partial charge >= 0.3 is 5.97 Å². The summed E-state index contributed by atoms with van der Waals surface area (Å²) in [5.41, 5.74) is 0.681. The summed E-state index contributed by atoms with van der Waals surface area (Å²) in [6, 6.07) is 4.95. The van der Waals surface area contributed by atoms with Crippen LogP contribution in [-0.4, -0.2) is 44.2 Å². The van der Waals surface area contributed by atoms with Crippen molar-refractivity contribution < 1.29 is 23.8 Å². The van der Waals surface area contributed by atoms with Gasteiger partial charge in [-0.3, -0.25) is 4.79 Å². The Morgan fingerprint density at radius 1 is 1.18 bits per heavy atom. The van der Waals surface area contributed by atoms with Gasteiger partial charge in [0, 0.05) is 23.7 Å². The van der Waals surface area contributed by atoms with Crippen molar-refractivity contribution in [2.75, 3.05) is 38.0 Å². The molecule has 0 aliphatic heterocycles. The lowest BCUT2D eigenvalue weighted by Gasteiger charge is -2.10. The number of ether oxygens (including phenoxy) is 3. The van der Waals surface area contributed by atoms with E-state index >= 15 is 0 Å². The molecular weight excluding hydrogens is 382 g/mol. The van der Waals surface area contributed by atoms with Gasteiger partial charge in [-0.1, -0.05) is 13.8 Å². The maximum atomic E-state index is 12.1. The number of hydrogen-bond donors (Lipinski definition) is 2. The van der Waals surface area contributed by atoms with Gasteiger partial charge in [-0.25, -0.2) is 9.78 Å². The van der Waals surface area contributed by atoms with Crippen LogP contribution >= 0.6 is 11.3 Å². The summed E-state index contributed by atoms with van der Waals surface area (Å²) in [5, 5.41) is 8.06. The predicted molar refractivity (Wildman–Crippen MR) is 109 cm³/mol. The summed E-state index contributed by atoms with van der Waals surface area (Å²) in [4.78, 5) is 28.3. The fourth-order valence-corrected chi connectivity index (χ4v) is 2.94. The van der Waals surface area contributed by atoms with Gasteiger partial charge in [0.2, 0.25) is 0 Å². The van der Waals surface area contributed by atoms with Gasteiger partial charge in [0.1, 0.15) is 0 Å². The van der Waals surface area contributed by atoms with Crippen LogP contribution in [-0.2, 0) is 9.53 Å². The van der Waals surface area contributed by atoms with Crippen LogP contribution in [0.25, 0.3) is 0 Å². The van der Waals surface area contributed by atoms with E-state index in [0.29, 0.717) is 28.2 Å². The molecule has 0 bridgehead atoms. The van der Waals surface area contributed by atoms with Gasteiger partial charge in [0.15, 0.2) is 28.9 Å². The van der Waals surface area contributed by atoms with E-state index in [1.165, 1.54) is 25.6 Å². The second kappa shape index (κ2) is 10.5.